The number of para-hydroxylation sites is 1. The number of aliphatic hydroxyl groups is 1. The largest absolute Gasteiger partial charge is 0.484 e. The highest BCUT2D eigenvalue weighted by Crippen LogP contribution is 2.20. The molecule has 3 rings (SSSR count). The van der Waals surface area contributed by atoms with Gasteiger partial charge >= 0.3 is 0 Å². The molecule has 1 aromatic carbocycles. The van der Waals surface area contributed by atoms with Crippen LogP contribution in [-0.4, -0.2) is 50.6 Å². The molecule has 0 unspecified atom stereocenters. The average Bonchev–Trinajstić information content (AvgIpc) is 2.93. The molecule has 1 N–H and O–H groups in total. The summed E-state index contributed by atoms with van der Waals surface area (Å²) in [5, 5.41) is 16.7. The second-order valence-electron chi connectivity index (χ2n) is 4.90. The van der Waals surface area contributed by atoms with E-state index >= 15 is 0 Å². The lowest BCUT2D eigenvalue weighted by Crippen LogP contribution is -2.52. The third-order valence-corrected chi connectivity index (χ3v) is 3.41. The maximum atomic E-state index is 12.0. The Morgan fingerprint density at radius 3 is 2.76 bits per heavy atom. The van der Waals surface area contributed by atoms with Gasteiger partial charge in [0.15, 0.2) is 6.61 Å². The zero-order chi connectivity index (χ0) is 14.7. The molecule has 7 heteroatoms. The van der Waals surface area contributed by atoms with Gasteiger partial charge in [0.2, 0.25) is 0 Å². The van der Waals surface area contributed by atoms with Gasteiger partial charge < -0.3 is 14.7 Å². The summed E-state index contributed by atoms with van der Waals surface area (Å²) in [6.45, 7) is 1.09. The zero-order valence-electron chi connectivity index (χ0n) is 11.4. The van der Waals surface area contributed by atoms with Gasteiger partial charge in [-0.2, -0.15) is 0 Å². The molecule has 2 heterocycles. The topological polar surface area (TPSA) is 80.5 Å². The van der Waals surface area contributed by atoms with Crippen LogP contribution in [0.1, 0.15) is 11.7 Å². The fourth-order valence-corrected chi connectivity index (χ4v) is 2.14. The van der Waals surface area contributed by atoms with Crippen LogP contribution in [0.4, 0.5) is 0 Å². The quantitative estimate of drug-likeness (QED) is 0.852. The van der Waals surface area contributed by atoms with Gasteiger partial charge in [-0.3, -0.25) is 4.79 Å². The van der Waals surface area contributed by atoms with E-state index in [1.807, 2.05) is 30.3 Å². The number of likely N-dealkylation sites (tertiary alicyclic amines) is 1. The van der Waals surface area contributed by atoms with Gasteiger partial charge in [-0.15, -0.1) is 5.10 Å². The van der Waals surface area contributed by atoms with Crippen molar-refractivity contribution in [2.45, 2.75) is 12.6 Å². The van der Waals surface area contributed by atoms with Crippen LogP contribution in [0, 0.1) is 0 Å². The number of ether oxygens (including phenoxy) is 1. The smallest absolute Gasteiger partial charge is 0.260 e. The number of carbonyl (C=O) groups is 1. The molecule has 110 valence electrons. The molecule has 1 fully saturated rings. The molecule has 1 aromatic heterocycles. The molecule has 1 amide bonds. The third-order valence-electron chi connectivity index (χ3n) is 3.41. The van der Waals surface area contributed by atoms with Crippen molar-refractivity contribution in [1.82, 2.24) is 19.9 Å². The van der Waals surface area contributed by atoms with Crippen molar-refractivity contribution < 1.29 is 14.6 Å². The third kappa shape index (κ3) is 3.03. The van der Waals surface area contributed by atoms with Gasteiger partial charge in [-0.25, -0.2) is 4.68 Å². The van der Waals surface area contributed by atoms with Crippen molar-refractivity contribution in [3.05, 3.63) is 42.2 Å². The average molecular weight is 288 g/mol. The van der Waals surface area contributed by atoms with E-state index in [1.165, 1.54) is 0 Å². The zero-order valence-corrected chi connectivity index (χ0v) is 11.4. The Morgan fingerprint density at radius 2 is 2.10 bits per heavy atom. The van der Waals surface area contributed by atoms with Crippen molar-refractivity contribution in [2.24, 2.45) is 0 Å². The van der Waals surface area contributed by atoms with E-state index in [9.17, 15) is 4.79 Å². The van der Waals surface area contributed by atoms with Crippen LogP contribution in [0.5, 0.6) is 5.75 Å². The summed E-state index contributed by atoms with van der Waals surface area (Å²) in [5.74, 6) is 0.643. The molecule has 0 atom stereocenters. The van der Waals surface area contributed by atoms with Crippen molar-refractivity contribution in [3.63, 3.8) is 0 Å². The predicted octanol–water partition coefficient (Wildman–Crippen LogP) is 0.233. The highest BCUT2D eigenvalue weighted by Gasteiger charge is 2.32. The second kappa shape index (κ2) is 5.92. The summed E-state index contributed by atoms with van der Waals surface area (Å²) in [4.78, 5) is 13.7. The molecule has 0 spiro atoms. The Morgan fingerprint density at radius 1 is 1.33 bits per heavy atom. The number of benzene rings is 1. The highest BCUT2D eigenvalue weighted by molar-refractivity contribution is 5.78. The molecule has 0 bridgehead atoms. The molecule has 21 heavy (non-hydrogen) atoms. The molecule has 1 aliphatic rings. The van der Waals surface area contributed by atoms with E-state index in [-0.39, 0.29) is 25.2 Å². The lowest BCUT2D eigenvalue weighted by atomic mass is 10.1. The second-order valence-corrected chi connectivity index (χ2v) is 4.90. The fraction of sp³-hybridized carbons (Fsp3) is 0.357. The van der Waals surface area contributed by atoms with E-state index in [0.29, 0.717) is 24.5 Å². The number of amides is 1. The maximum Gasteiger partial charge on any atom is 0.260 e. The van der Waals surface area contributed by atoms with Crippen molar-refractivity contribution in [3.8, 4) is 5.75 Å². The number of aromatic nitrogens is 3. The molecule has 1 aliphatic heterocycles. The van der Waals surface area contributed by atoms with Crippen molar-refractivity contribution >= 4 is 5.91 Å². The Bertz CT molecular complexity index is 608. The van der Waals surface area contributed by atoms with Crippen LogP contribution in [0.3, 0.4) is 0 Å². The van der Waals surface area contributed by atoms with Crippen LogP contribution in [-0.2, 0) is 11.4 Å². The van der Waals surface area contributed by atoms with E-state index < -0.39 is 0 Å². The minimum absolute atomic E-state index is 0.0377. The molecule has 0 aliphatic carbocycles. The number of carbonyl (C=O) groups excluding carboxylic acids is 1. The van der Waals surface area contributed by atoms with Crippen LogP contribution in [0.2, 0.25) is 0 Å². The van der Waals surface area contributed by atoms with Crippen LogP contribution < -0.4 is 4.74 Å². The molecule has 7 nitrogen and oxygen atoms in total. The number of hydrogen-bond donors (Lipinski definition) is 1. The summed E-state index contributed by atoms with van der Waals surface area (Å²) in [7, 11) is 0. The number of hydrogen-bond acceptors (Lipinski definition) is 5. The van der Waals surface area contributed by atoms with Gasteiger partial charge in [0.1, 0.15) is 11.4 Å². The Hall–Kier alpha value is -2.41. The summed E-state index contributed by atoms with van der Waals surface area (Å²) < 4.78 is 7.12. The molecule has 0 radical (unpaired) electrons. The summed E-state index contributed by atoms with van der Waals surface area (Å²) in [5.41, 5.74) is 0.534. The van der Waals surface area contributed by atoms with Gasteiger partial charge in [0.25, 0.3) is 5.91 Å². The first kappa shape index (κ1) is 13.6. The maximum absolute atomic E-state index is 12.0. The van der Waals surface area contributed by atoms with Crippen molar-refractivity contribution in [1.29, 1.82) is 0 Å². The summed E-state index contributed by atoms with van der Waals surface area (Å²) >= 11 is 0. The van der Waals surface area contributed by atoms with Gasteiger partial charge in [-0.1, -0.05) is 23.4 Å². The van der Waals surface area contributed by atoms with Crippen LogP contribution >= 0.6 is 0 Å². The van der Waals surface area contributed by atoms with E-state index in [1.54, 1.807) is 15.8 Å². The number of nitrogens with zero attached hydrogens (tertiary/aromatic N) is 4. The molecular weight excluding hydrogens is 272 g/mol. The molecule has 2 aromatic rings. The standard InChI is InChI=1S/C14H16N4O3/c19-9-11-6-18(16-15-11)12-7-17(8-12)14(20)10-21-13-4-2-1-3-5-13/h1-6,12,19H,7-10H2. The highest BCUT2D eigenvalue weighted by atomic mass is 16.5. The van der Waals surface area contributed by atoms with Gasteiger partial charge in [-0.05, 0) is 12.1 Å². The Balaban J connectivity index is 1.46. The van der Waals surface area contributed by atoms with E-state index in [4.69, 9.17) is 9.84 Å². The normalized spacial score (nSPS) is 14.8. The van der Waals surface area contributed by atoms with Gasteiger partial charge in [0, 0.05) is 13.1 Å². The predicted molar refractivity (Wildman–Crippen MR) is 73.5 cm³/mol. The first-order valence-corrected chi connectivity index (χ1v) is 6.73. The Labute approximate surface area is 121 Å². The summed E-state index contributed by atoms with van der Waals surface area (Å²) in [6, 6.07) is 9.38. The number of aliphatic hydroxyl groups excluding tert-OH is 1. The van der Waals surface area contributed by atoms with Crippen LogP contribution in [0.15, 0.2) is 36.5 Å². The molecule has 0 saturated carbocycles. The SMILES string of the molecule is O=C(COc1ccccc1)N1CC(n2cc(CO)nn2)C1. The van der Waals surface area contributed by atoms with Crippen LogP contribution in [0.25, 0.3) is 0 Å². The number of rotatable bonds is 5. The minimum Gasteiger partial charge on any atom is -0.484 e. The van der Waals surface area contributed by atoms with Gasteiger partial charge in [0.05, 0.1) is 18.8 Å². The lowest BCUT2D eigenvalue weighted by Gasteiger charge is -2.38. The first-order valence-electron chi connectivity index (χ1n) is 6.73. The molecular formula is C14H16N4O3. The van der Waals surface area contributed by atoms with Crippen molar-refractivity contribution in [2.75, 3.05) is 19.7 Å². The first-order chi connectivity index (χ1) is 10.3. The summed E-state index contributed by atoms with van der Waals surface area (Å²) in [6.07, 6.45) is 1.70. The Kier molecular flexibility index (Phi) is 3.83. The lowest BCUT2D eigenvalue weighted by molar-refractivity contribution is -0.139. The minimum atomic E-state index is -0.125. The fourth-order valence-electron chi connectivity index (χ4n) is 2.14. The van der Waals surface area contributed by atoms with E-state index in [0.717, 1.165) is 0 Å². The van der Waals surface area contributed by atoms with E-state index in [2.05, 4.69) is 10.3 Å². The monoisotopic (exact) mass is 288 g/mol. The molecule has 1 saturated heterocycles.